The van der Waals surface area contributed by atoms with Crippen molar-refractivity contribution < 1.29 is 9.80 Å². The van der Waals surface area contributed by atoms with Gasteiger partial charge in [0.15, 0.2) is 5.82 Å². The molecule has 0 bridgehead atoms. The van der Waals surface area contributed by atoms with E-state index < -0.39 is 0 Å². The number of para-hydroxylation sites is 1. The van der Waals surface area contributed by atoms with Crippen LogP contribution in [0.3, 0.4) is 0 Å². The maximum Gasteiger partial charge on any atom is 0.258 e. The first-order valence-electron chi connectivity index (χ1n) is 10.1. The third-order valence-electron chi connectivity index (χ3n) is 5.77. The summed E-state index contributed by atoms with van der Waals surface area (Å²) in [6.07, 6.45) is 4.49. The number of nitrogens with one attached hydrogen (secondary N) is 3. The van der Waals surface area contributed by atoms with Crippen LogP contribution < -0.4 is 15.4 Å². The van der Waals surface area contributed by atoms with E-state index in [9.17, 15) is 4.79 Å². The number of rotatable bonds is 5. The van der Waals surface area contributed by atoms with Crippen molar-refractivity contribution >= 4 is 17.0 Å². The van der Waals surface area contributed by atoms with Crippen molar-refractivity contribution in [1.29, 1.82) is 0 Å². The molecule has 1 fully saturated rings. The molecule has 0 amide bonds. The van der Waals surface area contributed by atoms with E-state index in [1.54, 1.807) is 4.90 Å². The van der Waals surface area contributed by atoms with Gasteiger partial charge < -0.3 is 14.8 Å². The highest BCUT2D eigenvalue weighted by Gasteiger charge is 2.28. The summed E-state index contributed by atoms with van der Waals surface area (Å²) in [5.74, 6) is 0.797. The Hall–Kier alpha value is -2.76. The van der Waals surface area contributed by atoms with Crippen molar-refractivity contribution in [1.82, 2.24) is 9.97 Å². The highest BCUT2D eigenvalue weighted by molar-refractivity contribution is 5.77. The molecule has 2 aromatic carbocycles. The average Bonchev–Trinajstić information content (AvgIpc) is 2.74. The fourth-order valence-electron chi connectivity index (χ4n) is 3.99. The zero-order valence-electron chi connectivity index (χ0n) is 16.3. The number of hydrogen-bond donors (Lipinski definition) is 3. The lowest BCUT2D eigenvalue weighted by atomic mass is 10.2. The average molecular weight is 377 g/mol. The van der Waals surface area contributed by atoms with E-state index in [0.717, 1.165) is 44.1 Å². The number of aromatic amines is 1. The summed E-state index contributed by atoms with van der Waals surface area (Å²) in [7, 11) is 0. The number of H-pyrrole nitrogens is 1. The molecule has 28 heavy (non-hydrogen) atoms. The van der Waals surface area contributed by atoms with Gasteiger partial charge in [-0.15, -0.1) is 0 Å². The summed E-state index contributed by atoms with van der Waals surface area (Å²) < 4.78 is 0. The molecule has 3 aromatic rings. The predicted octanol–water partition coefficient (Wildman–Crippen LogP) is 0.481. The molecule has 0 radical (unpaired) electrons. The topological polar surface area (TPSA) is 54.6 Å². The summed E-state index contributed by atoms with van der Waals surface area (Å²) in [6.45, 7) is 7.68. The third kappa shape index (κ3) is 4.21. The highest BCUT2D eigenvalue weighted by Crippen LogP contribution is 2.08. The lowest BCUT2D eigenvalue weighted by molar-refractivity contribution is -1.02. The Morgan fingerprint density at radius 1 is 1.04 bits per heavy atom. The van der Waals surface area contributed by atoms with Gasteiger partial charge in [0, 0.05) is 0 Å². The van der Waals surface area contributed by atoms with Gasteiger partial charge in [-0.25, -0.2) is 4.98 Å². The van der Waals surface area contributed by atoms with Gasteiger partial charge in [-0.3, -0.25) is 4.79 Å². The lowest BCUT2D eigenvalue weighted by Crippen LogP contribution is -3.28. The van der Waals surface area contributed by atoms with Crippen LogP contribution >= 0.6 is 0 Å². The molecule has 1 aliphatic heterocycles. The number of benzene rings is 2. The zero-order chi connectivity index (χ0) is 19.3. The monoisotopic (exact) mass is 376 g/mol. The van der Waals surface area contributed by atoms with Crippen LogP contribution in [-0.2, 0) is 0 Å². The van der Waals surface area contributed by atoms with E-state index in [1.165, 1.54) is 10.5 Å². The molecule has 2 heterocycles. The molecular weight excluding hydrogens is 348 g/mol. The molecule has 1 saturated heterocycles. The van der Waals surface area contributed by atoms with E-state index in [-0.39, 0.29) is 11.6 Å². The van der Waals surface area contributed by atoms with Crippen molar-refractivity contribution in [2.24, 2.45) is 0 Å². The van der Waals surface area contributed by atoms with Crippen LogP contribution in [0.1, 0.15) is 24.4 Å². The van der Waals surface area contributed by atoms with Crippen molar-refractivity contribution in [3.63, 3.8) is 0 Å². The predicted molar refractivity (Wildman–Crippen MR) is 113 cm³/mol. The lowest BCUT2D eigenvalue weighted by Gasteiger charge is -2.32. The normalized spacial score (nSPS) is 21.2. The maximum atomic E-state index is 12.4. The number of nitrogens with zero attached hydrogens (tertiary/aromatic N) is 1. The summed E-state index contributed by atoms with van der Waals surface area (Å²) in [5.41, 5.74) is 2.00. The van der Waals surface area contributed by atoms with Crippen LogP contribution in [0.4, 0.5) is 0 Å². The molecule has 4 rings (SSSR count). The number of aromatic nitrogens is 2. The molecule has 5 heteroatoms. The van der Waals surface area contributed by atoms with Crippen molar-refractivity contribution in [2.45, 2.75) is 13.0 Å². The number of quaternary nitrogens is 2. The first-order valence-corrected chi connectivity index (χ1v) is 10.1. The molecule has 0 saturated carbocycles. The number of piperazine rings is 1. The minimum atomic E-state index is -0.0397. The summed E-state index contributed by atoms with van der Waals surface area (Å²) >= 11 is 0. The number of hydrogen-bond acceptors (Lipinski definition) is 2. The molecule has 0 unspecified atom stereocenters. The van der Waals surface area contributed by atoms with Gasteiger partial charge in [0.05, 0.1) is 17.4 Å². The van der Waals surface area contributed by atoms with E-state index >= 15 is 0 Å². The third-order valence-corrected chi connectivity index (χ3v) is 5.77. The molecule has 0 spiro atoms. The smallest absolute Gasteiger partial charge is 0.258 e. The largest absolute Gasteiger partial charge is 0.322 e. The van der Waals surface area contributed by atoms with Crippen LogP contribution in [0.15, 0.2) is 65.5 Å². The Bertz CT molecular complexity index is 1000. The van der Waals surface area contributed by atoms with Crippen LogP contribution in [0, 0.1) is 0 Å². The molecule has 1 aliphatic rings. The minimum absolute atomic E-state index is 0.0397. The molecule has 144 valence electrons. The van der Waals surface area contributed by atoms with Gasteiger partial charge in [0.25, 0.3) is 5.56 Å². The van der Waals surface area contributed by atoms with Gasteiger partial charge in [0.2, 0.25) is 0 Å². The van der Waals surface area contributed by atoms with E-state index in [4.69, 9.17) is 4.98 Å². The van der Waals surface area contributed by atoms with Crippen LogP contribution in [-0.4, -0.2) is 42.7 Å². The Balaban J connectivity index is 1.36. The molecular formula is C23H28N4O+2. The molecule has 1 atom stereocenters. The molecule has 5 nitrogen and oxygen atoms in total. The molecule has 1 aromatic heterocycles. The second-order valence-electron chi connectivity index (χ2n) is 7.62. The first kappa shape index (κ1) is 18.6. The number of fused-ring (bicyclic) bond motifs is 1. The van der Waals surface area contributed by atoms with Gasteiger partial charge in [-0.1, -0.05) is 48.5 Å². The molecule has 0 aliphatic carbocycles. The quantitative estimate of drug-likeness (QED) is 0.607. The van der Waals surface area contributed by atoms with E-state index in [1.807, 2.05) is 30.3 Å². The Labute approximate surface area is 165 Å². The van der Waals surface area contributed by atoms with Crippen molar-refractivity contribution in [3.05, 3.63) is 82.4 Å². The highest BCUT2D eigenvalue weighted by atomic mass is 16.1. The zero-order valence-corrected chi connectivity index (χ0v) is 16.3. The van der Waals surface area contributed by atoms with Gasteiger partial charge in [-0.2, -0.15) is 0 Å². The Kier molecular flexibility index (Phi) is 5.65. The van der Waals surface area contributed by atoms with Crippen molar-refractivity contribution in [2.75, 3.05) is 32.7 Å². The fourth-order valence-corrected chi connectivity index (χ4v) is 3.99. The van der Waals surface area contributed by atoms with Gasteiger partial charge in [-0.05, 0) is 30.7 Å². The van der Waals surface area contributed by atoms with Gasteiger partial charge in [0.1, 0.15) is 32.2 Å². The summed E-state index contributed by atoms with van der Waals surface area (Å²) in [6, 6.07) is 18.2. The first-order chi connectivity index (χ1) is 13.7. The van der Waals surface area contributed by atoms with Crippen LogP contribution in [0.2, 0.25) is 0 Å². The minimum Gasteiger partial charge on any atom is -0.322 e. The Morgan fingerprint density at radius 2 is 1.75 bits per heavy atom. The van der Waals surface area contributed by atoms with E-state index in [0.29, 0.717) is 5.39 Å². The Morgan fingerprint density at radius 3 is 2.54 bits per heavy atom. The van der Waals surface area contributed by atoms with Gasteiger partial charge >= 0.3 is 0 Å². The summed E-state index contributed by atoms with van der Waals surface area (Å²) in [4.78, 5) is 23.2. The standard InChI is InChI=1S/C23H26N4O/c1-18(22-24-21-12-6-5-11-20(21)23(28)25-22)27-16-14-26(15-17-27)13-7-10-19-8-3-2-4-9-19/h2-12,18H,13-17H2,1H3,(H,24,25,28)/p+2/b10-7+/t18-/m1/s1. The SMILES string of the molecule is C[C@H](c1nc2ccccc2c(=O)[nH]1)[NH+]1CC[NH+](C/C=C/c2ccccc2)CC1. The summed E-state index contributed by atoms with van der Waals surface area (Å²) in [5, 5.41) is 0.660. The van der Waals surface area contributed by atoms with Crippen LogP contribution in [0.5, 0.6) is 0 Å². The van der Waals surface area contributed by atoms with E-state index in [2.05, 4.69) is 48.3 Å². The van der Waals surface area contributed by atoms with Crippen molar-refractivity contribution in [3.8, 4) is 0 Å². The molecule has 3 N–H and O–H groups in total. The second kappa shape index (κ2) is 8.50. The maximum absolute atomic E-state index is 12.4. The van der Waals surface area contributed by atoms with Crippen LogP contribution in [0.25, 0.3) is 17.0 Å². The second-order valence-corrected chi connectivity index (χ2v) is 7.62. The fraction of sp³-hybridized carbons (Fsp3) is 0.304.